The van der Waals surface area contributed by atoms with Crippen molar-refractivity contribution in [3.8, 4) is 5.75 Å². The van der Waals surface area contributed by atoms with Gasteiger partial charge in [0.25, 0.3) is 5.91 Å². The third-order valence-corrected chi connectivity index (χ3v) is 2.41. The molecule has 0 spiro atoms. The van der Waals surface area contributed by atoms with E-state index in [2.05, 4.69) is 31.1 Å². The molecule has 0 aliphatic carbocycles. The van der Waals surface area contributed by atoms with Crippen LogP contribution in [0.1, 0.15) is 51.4 Å². The van der Waals surface area contributed by atoms with Crippen molar-refractivity contribution in [2.75, 3.05) is 0 Å². The zero-order valence-corrected chi connectivity index (χ0v) is 11.7. The van der Waals surface area contributed by atoms with Crippen molar-refractivity contribution in [1.82, 2.24) is 10.3 Å². The first-order chi connectivity index (χ1) is 8.09. The molecule has 0 aliphatic rings. The van der Waals surface area contributed by atoms with Gasteiger partial charge >= 0.3 is 0 Å². The maximum Gasteiger partial charge on any atom is 0.253 e. The van der Waals surface area contributed by atoms with Crippen LogP contribution in [-0.4, -0.2) is 21.5 Å². The molecule has 1 aromatic rings. The Balaban J connectivity index is 2.75. The Morgan fingerprint density at radius 2 is 1.89 bits per heavy atom. The number of nitrogens with one attached hydrogen (secondary N) is 1. The quantitative estimate of drug-likeness (QED) is 0.867. The summed E-state index contributed by atoms with van der Waals surface area (Å²) in [4.78, 5) is 15.8. The van der Waals surface area contributed by atoms with Gasteiger partial charge in [-0.05, 0) is 31.7 Å². The molecular formula is C14H22N2O2. The molecule has 18 heavy (non-hydrogen) atoms. The van der Waals surface area contributed by atoms with Gasteiger partial charge in [-0.15, -0.1) is 0 Å². The minimum Gasteiger partial charge on any atom is -0.506 e. The lowest BCUT2D eigenvalue weighted by atomic mass is 9.81. The van der Waals surface area contributed by atoms with Gasteiger partial charge in [0.2, 0.25) is 0 Å². The summed E-state index contributed by atoms with van der Waals surface area (Å²) in [6, 6.07) is 1.41. The van der Waals surface area contributed by atoms with Crippen molar-refractivity contribution in [3.63, 3.8) is 0 Å². The number of pyridine rings is 1. The zero-order valence-electron chi connectivity index (χ0n) is 11.7. The molecule has 0 atom stereocenters. The fraction of sp³-hybridized carbons (Fsp3) is 0.571. The molecule has 1 amide bonds. The van der Waals surface area contributed by atoms with Gasteiger partial charge in [0.15, 0.2) is 0 Å². The molecule has 0 unspecified atom stereocenters. The first kappa shape index (κ1) is 14.5. The van der Waals surface area contributed by atoms with Crippen molar-refractivity contribution in [1.29, 1.82) is 0 Å². The minimum absolute atomic E-state index is 0.00345. The molecule has 0 fully saturated rings. The van der Waals surface area contributed by atoms with E-state index >= 15 is 0 Å². The lowest BCUT2D eigenvalue weighted by Crippen LogP contribution is -2.45. The summed E-state index contributed by atoms with van der Waals surface area (Å²) in [7, 11) is 0. The molecule has 0 saturated heterocycles. The molecule has 0 aromatic carbocycles. The fourth-order valence-corrected chi connectivity index (χ4v) is 2.30. The van der Waals surface area contributed by atoms with Gasteiger partial charge in [0, 0.05) is 11.7 Å². The van der Waals surface area contributed by atoms with Crippen molar-refractivity contribution < 1.29 is 9.90 Å². The SMILES string of the molecule is CC(C)(C)CC(C)(C)NC(=O)c1cncc(O)c1. The van der Waals surface area contributed by atoms with Gasteiger partial charge in [0.1, 0.15) is 5.75 Å². The van der Waals surface area contributed by atoms with E-state index in [0.29, 0.717) is 5.56 Å². The first-order valence-corrected chi connectivity index (χ1v) is 6.06. The molecule has 0 radical (unpaired) electrons. The van der Waals surface area contributed by atoms with Crippen LogP contribution in [0.2, 0.25) is 0 Å². The number of carbonyl (C=O) groups excluding carboxylic acids is 1. The van der Waals surface area contributed by atoms with Crippen LogP contribution < -0.4 is 5.32 Å². The number of hydrogen-bond donors (Lipinski definition) is 2. The largest absolute Gasteiger partial charge is 0.506 e. The average Bonchev–Trinajstić information content (AvgIpc) is 2.12. The van der Waals surface area contributed by atoms with Gasteiger partial charge in [-0.2, -0.15) is 0 Å². The van der Waals surface area contributed by atoms with Crippen LogP contribution in [-0.2, 0) is 0 Å². The fourth-order valence-electron chi connectivity index (χ4n) is 2.30. The monoisotopic (exact) mass is 250 g/mol. The van der Waals surface area contributed by atoms with Crippen molar-refractivity contribution in [3.05, 3.63) is 24.0 Å². The van der Waals surface area contributed by atoms with Crippen LogP contribution in [0.3, 0.4) is 0 Å². The van der Waals surface area contributed by atoms with E-state index in [1.165, 1.54) is 18.5 Å². The number of aromatic nitrogens is 1. The van der Waals surface area contributed by atoms with Crippen molar-refractivity contribution >= 4 is 5.91 Å². The molecule has 1 aromatic heterocycles. The van der Waals surface area contributed by atoms with E-state index in [0.717, 1.165) is 6.42 Å². The van der Waals surface area contributed by atoms with Crippen LogP contribution in [0.25, 0.3) is 0 Å². The van der Waals surface area contributed by atoms with Gasteiger partial charge < -0.3 is 10.4 Å². The molecule has 1 heterocycles. The maximum absolute atomic E-state index is 12.0. The second-order valence-electron chi connectivity index (χ2n) is 6.51. The van der Waals surface area contributed by atoms with E-state index in [1.807, 2.05) is 13.8 Å². The predicted octanol–water partition coefficient (Wildman–Crippen LogP) is 2.73. The van der Waals surface area contributed by atoms with E-state index in [4.69, 9.17) is 0 Å². The van der Waals surface area contributed by atoms with Crippen molar-refractivity contribution in [2.45, 2.75) is 46.6 Å². The Morgan fingerprint density at radius 1 is 1.28 bits per heavy atom. The van der Waals surface area contributed by atoms with Crippen LogP contribution in [0.5, 0.6) is 5.75 Å². The second kappa shape index (κ2) is 4.96. The van der Waals surface area contributed by atoms with Crippen LogP contribution in [0, 0.1) is 5.41 Å². The molecule has 0 aliphatic heterocycles. The number of carbonyl (C=O) groups is 1. The Bertz CT molecular complexity index is 434. The molecule has 2 N–H and O–H groups in total. The van der Waals surface area contributed by atoms with Crippen LogP contribution in [0.4, 0.5) is 0 Å². The Morgan fingerprint density at radius 3 is 2.39 bits per heavy atom. The zero-order chi connectivity index (χ0) is 14.0. The number of rotatable bonds is 3. The third kappa shape index (κ3) is 4.73. The van der Waals surface area contributed by atoms with Crippen LogP contribution in [0.15, 0.2) is 18.5 Å². The summed E-state index contributed by atoms with van der Waals surface area (Å²) in [5.74, 6) is -0.219. The topological polar surface area (TPSA) is 62.2 Å². The summed E-state index contributed by atoms with van der Waals surface area (Å²) in [6.45, 7) is 10.4. The molecule has 1 rings (SSSR count). The van der Waals surface area contributed by atoms with Gasteiger partial charge in [0.05, 0.1) is 11.8 Å². The molecular weight excluding hydrogens is 228 g/mol. The lowest BCUT2D eigenvalue weighted by Gasteiger charge is -2.33. The van der Waals surface area contributed by atoms with E-state index in [-0.39, 0.29) is 22.6 Å². The van der Waals surface area contributed by atoms with Gasteiger partial charge in [-0.1, -0.05) is 20.8 Å². The molecule has 4 heteroatoms. The van der Waals surface area contributed by atoms with Crippen LogP contribution >= 0.6 is 0 Å². The smallest absolute Gasteiger partial charge is 0.253 e. The highest BCUT2D eigenvalue weighted by Gasteiger charge is 2.27. The maximum atomic E-state index is 12.0. The highest BCUT2D eigenvalue weighted by molar-refractivity contribution is 5.94. The summed E-state index contributed by atoms with van der Waals surface area (Å²) < 4.78 is 0. The standard InChI is InChI=1S/C14H22N2O2/c1-13(2,3)9-14(4,5)16-12(18)10-6-11(17)8-15-7-10/h6-8,17H,9H2,1-5H3,(H,16,18). The number of aromatic hydroxyl groups is 1. The summed E-state index contributed by atoms with van der Waals surface area (Å²) >= 11 is 0. The van der Waals surface area contributed by atoms with Gasteiger partial charge in [-0.3, -0.25) is 9.78 Å². The normalized spacial score (nSPS) is 12.3. The summed E-state index contributed by atoms with van der Waals surface area (Å²) in [5, 5.41) is 12.3. The Hall–Kier alpha value is -1.58. The molecule has 0 saturated carbocycles. The highest BCUT2D eigenvalue weighted by atomic mass is 16.3. The van der Waals surface area contributed by atoms with E-state index < -0.39 is 0 Å². The first-order valence-electron chi connectivity index (χ1n) is 6.06. The number of nitrogens with zero attached hydrogens (tertiary/aromatic N) is 1. The summed E-state index contributed by atoms with van der Waals surface area (Å²) in [5.41, 5.74) is 0.200. The molecule has 4 nitrogen and oxygen atoms in total. The Kier molecular flexibility index (Phi) is 3.99. The highest BCUT2D eigenvalue weighted by Crippen LogP contribution is 2.27. The molecule has 100 valence electrons. The third-order valence-electron chi connectivity index (χ3n) is 2.41. The number of hydrogen-bond acceptors (Lipinski definition) is 3. The number of amides is 1. The minimum atomic E-state index is -0.305. The average molecular weight is 250 g/mol. The van der Waals surface area contributed by atoms with Crippen molar-refractivity contribution in [2.24, 2.45) is 5.41 Å². The second-order valence-corrected chi connectivity index (χ2v) is 6.51. The van der Waals surface area contributed by atoms with Gasteiger partial charge in [-0.25, -0.2) is 0 Å². The van der Waals surface area contributed by atoms with E-state index in [9.17, 15) is 9.90 Å². The molecule has 0 bridgehead atoms. The van der Waals surface area contributed by atoms with E-state index in [1.54, 1.807) is 0 Å². The lowest BCUT2D eigenvalue weighted by molar-refractivity contribution is 0.0890. The summed E-state index contributed by atoms with van der Waals surface area (Å²) in [6.07, 6.45) is 3.61. The Labute approximate surface area is 108 Å². The predicted molar refractivity (Wildman–Crippen MR) is 71.5 cm³/mol.